The maximum atomic E-state index is 13.1. The first-order valence-electron chi connectivity index (χ1n) is 10.2. The van der Waals surface area contributed by atoms with Gasteiger partial charge in [0.05, 0.1) is 19.9 Å². The van der Waals surface area contributed by atoms with Gasteiger partial charge in [0.15, 0.2) is 17.3 Å². The van der Waals surface area contributed by atoms with Crippen molar-refractivity contribution in [1.82, 2.24) is 15.1 Å². The fraction of sp³-hybridized carbons (Fsp3) is 0.304. The van der Waals surface area contributed by atoms with E-state index in [1.165, 1.54) is 0 Å². The lowest BCUT2D eigenvalue weighted by Gasteiger charge is -2.22. The molecule has 0 bridgehead atoms. The lowest BCUT2D eigenvalue weighted by Crippen LogP contribution is -2.35. The summed E-state index contributed by atoms with van der Waals surface area (Å²) in [5.74, 6) is 2.07. The highest BCUT2D eigenvalue weighted by Gasteiger charge is 2.22. The van der Waals surface area contributed by atoms with E-state index in [0.29, 0.717) is 30.2 Å². The van der Waals surface area contributed by atoms with Gasteiger partial charge in [-0.1, -0.05) is 28.1 Å². The average Bonchev–Trinajstić information content (AvgIpc) is 3.16. The molecular weight excluding hydrogens is 460 g/mol. The van der Waals surface area contributed by atoms with Gasteiger partial charge in [0.1, 0.15) is 0 Å². The number of nitrogens with one attached hydrogen (secondary N) is 1. The predicted molar refractivity (Wildman–Crippen MR) is 124 cm³/mol. The molecule has 1 N–H and O–H groups in total. The lowest BCUT2D eigenvalue weighted by atomic mass is 10.1. The molecule has 0 spiro atoms. The molecule has 2 heterocycles. The summed E-state index contributed by atoms with van der Waals surface area (Å²) in [7, 11) is 3.16. The summed E-state index contributed by atoms with van der Waals surface area (Å²) in [6, 6.07) is 15.5. The smallest absolute Gasteiger partial charge is 0.254 e. The predicted octanol–water partition coefficient (Wildman–Crippen LogP) is 4.21. The van der Waals surface area contributed by atoms with E-state index < -0.39 is 0 Å². The van der Waals surface area contributed by atoms with Crippen LogP contribution in [0.4, 0.5) is 5.82 Å². The van der Waals surface area contributed by atoms with E-state index in [0.717, 1.165) is 41.1 Å². The van der Waals surface area contributed by atoms with E-state index in [9.17, 15) is 4.79 Å². The zero-order chi connectivity index (χ0) is 21.8. The van der Waals surface area contributed by atoms with Crippen LogP contribution >= 0.6 is 15.9 Å². The minimum atomic E-state index is 0.000354. The summed E-state index contributed by atoms with van der Waals surface area (Å²) < 4.78 is 11.7. The molecule has 0 unspecified atom stereocenters. The molecule has 0 radical (unpaired) electrons. The lowest BCUT2D eigenvalue weighted by molar-refractivity contribution is 0.0766. The van der Waals surface area contributed by atoms with Gasteiger partial charge in [-0.2, -0.15) is 5.10 Å². The molecule has 4 rings (SSSR count). The Balaban J connectivity index is 1.44. The van der Waals surface area contributed by atoms with Gasteiger partial charge in [-0.05, 0) is 42.3 Å². The van der Waals surface area contributed by atoms with Gasteiger partial charge in [0.25, 0.3) is 5.91 Å². The highest BCUT2D eigenvalue weighted by atomic mass is 79.9. The molecule has 0 aliphatic carbocycles. The minimum absolute atomic E-state index is 0.000354. The normalized spacial score (nSPS) is 14.3. The number of methoxy groups -OCH3 is 2. The summed E-state index contributed by atoms with van der Waals surface area (Å²) in [5.41, 5.74) is 2.66. The Morgan fingerprint density at radius 3 is 2.48 bits per heavy atom. The van der Waals surface area contributed by atoms with Crippen molar-refractivity contribution in [2.75, 3.05) is 45.3 Å². The van der Waals surface area contributed by atoms with Gasteiger partial charge in [0.2, 0.25) is 0 Å². The van der Waals surface area contributed by atoms with Crippen molar-refractivity contribution in [3.63, 3.8) is 0 Å². The van der Waals surface area contributed by atoms with Crippen LogP contribution in [0.3, 0.4) is 0 Å². The van der Waals surface area contributed by atoms with Crippen LogP contribution in [0.2, 0.25) is 0 Å². The number of benzene rings is 2. The topological polar surface area (TPSA) is 70.7 Å². The first-order chi connectivity index (χ1) is 15.1. The van der Waals surface area contributed by atoms with E-state index >= 15 is 0 Å². The Kier molecular flexibility index (Phi) is 6.46. The average molecular weight is 485 g/mol. The van der Waals surface area contributed by atoms with Crippen LogP contribution in [0.5, 0.6) is 11.5 Å². The quantitative estimate of drug-likeness (QED) is 0.587. The third-order valence-corrected chi connectivity index (χ3v) is 5.99. The fourth-order valence-electron chi connectivity index (χ4n) is 3.75. The summed E-state index contributed by atoms with van der Waals surface area (Å²) >= 11 is 3.46. The number of hydrogen-bond acceptors (Lipinski definition) is 5. The molecule has 1 aliphatic rings. The van der Waals surface area contributed by atoms with E-state index in [-0.39, 0.29) is 5.91 Å². The molecule has 162 valence electrons. The van der Waals surface area contributed by atoms with Gasteiger partial charge < -0.3 is 19.3 Å². The molecule has 3 aromatic rings. The minimum Gasteiger partial charge on any atom is -0.493 e. The molecule has 1 aromatic heterocycles. The molecule has 0 saturated carbocycles. The summed E-state index contributed by atoms with van der Waals surface area (Å²) in [5, 5.41) is 7.63. The molecule has 1 aliphatic heterocycles. The Morgan fingerprint density at radius 2 is 1.74 bits per heavy atom. The third-order valence-electron chi connectivity index (χ3n) is 5.46. The molecule has 8 heteroatoms. The van der Waals surface area contributed by atoms with Crippen molar-refractivity contribution in [1.29, 1.82) is 0 Å². The number of nitrogens with zero attached hydrogens (tertiary/aromatic N) is 3. The zero-order valence-corrected chi connectivity index (χ0v) is 19.2. The highest BCUT2D eigenvalue weighted by molar-refractivity contribution is 9.10. The Morgan fingerprint density at radius 1 is 0.968 bits per heavy atom. The molecule has 31 heavy (non-hydrogen) atoms. The molecular formula is C23H25BrN4O3. The van der Waals surface area contributed by atoms with Gasteiger partial charge in [0, 0.05) is 42.3 Å². The molecule has 2 aromatic carbocycles. The van der Waals surface area contributed by atoms with E-state index in [1.54, 1.807) is 32.4 Å². The second-order valence-corrected chi connectivity index (χ2v) is 8.26. The number of halogens is 1. The molecule has 1 amide bonds. The summed E-state index contributed by atoms with van der Waals surface area (Å²) in [6.45, 7) is 2.91. The standard InChI is InChI=1S/C23H25BrN4O3/c1-30-20-9-6-17(14-21(20)31-2)23(29)28-11-3-10-27(12-13-28)22-15-19(25-26-22)16-4-7-18(24)8-5-16/h4-9,14-15H,3,10-13H2,1-2H3,(H,25,26). The van der Waals surface area contributed by atoms with Crippen LogP contribution in [0.1, 0.15) is 16.8 Å². The van der Waals surface area contributed by atoms with E-state index in [4.69, 9.17) is 9.47 Å². The molecule has 1 fully saturated rings. The molecule has 0 atom stereocenters. The van der Waals surface area contributed by atoms with Crippen LogP contribution in [-0.2, 0) is 0 Å². The number of amides is 1. The number of hydrogen-bond donors (Lipinski definition) is 1. The highest BCUT2D eigenvalue weighted by Crippen LogP contribution is 2.28. The van der Waals surface area contributed by atoms with E-state index in [2.05, 4.69) is 37.1 Å². The second kappa shape index (κ2) is 9.43. The second-order valence-electron chi connectivity index (χ2n) is 7.35. The fourth-order valence-corrected chi connectivity index (χ4v) is 4.02. The van der Waals surface area contributed by atoms with Crippen molar-refractivity contribution < 1.29 is 14.3 Å². The third kappa shape index (κ3) is 4.69. The number of ether oxygens (including phenoxy) is 2. The van der Waals surface area contributed by atoms with Crippen LogP contribution in [0.25, 0.3) is 11.3 Å². The van der Waals surface area contributed by atoms with Gasteiger partial charge in [-0.15, -0.1) is 0 Å². The largest absolute Gasteiger partial charge is 0.493 e. The Labute approximate surface area is 190 Å². The monoisotopic (exact) mass is 484 g/mol. The first-order valence-corrected chi connectivity index (χ1v) is 11.0. The zero-order valence-electron chi connectivity index (χ0n) is 17.6. The summed E-state index contributed by atoms with van der Waals surface area (Å²) in [4.78, 5) is 17.2. The van der Waals surface area contributed by atoms with Gasteiger partial charge in [-0.25, -0.2) is 0 Å². The number of carbonyl (C=O) groups is 1. The van der Waals surface area contributed by atoms with Crippen LogP contribution in [-0.4, -0.2) is 61.4 Å². The molecule has 7 nitrogen and oxygen atoms in total. The van der Waals surface area contributed by atoms with Crippen LogP contribution < -0.4 is 14.4 Å². The number of carbonyl (C=O) groups excluding carboxylic acids is 1. The number of H-pyrrole nitrogens is 1. The maximum absolute atomic E-state index is 13.1. The van der Waals surface area contributed by atoms with Crippen molar-refractivity contribution in [2.45, 2.75) is 6.42 Å². The van der Waals surface area contributed by atoms with Crippen molar-refractivity contribution in [3.05, 3.63) is 58.6 Å². The van der Waals surface area contributed by atoms with Crippen molar-refractivity contribution in [2.24, 2.45) is 0 Å². The summed E-state index contributed by atoms with van der Waals surface area (Å²) in [6.07, 6.45) is 0.875. The SMILES string of the molecule is COc1ccc(C(=O)N2CCCN(c3cc(-c4ccc(Br)cc4)[nH]n3)CC2)cc1OC. The Bertz CT molecular complexity index is 1050. The van der Waals surface area contributed by atoms with Crippen molar-refractivity contribution in [3.8, 4) is 22.8 Å². The van der Waals surface area contributed by atoms with Gasteiger partial charge in [-0.3, -0.25) is 9.89 Å². The number of anilines is 1. The van der Waals surface area contributed by atoms with Gasteiger partial charge >= 0.3 is 0 Å². The number of aromatic amines is 1. The first kappa shape index (κ1) is 21.2. The van der Waals surface area contributed by atoms with Crippen LogP contribution in [0.15, 0.2) is 53.0 Å². The maximum Gasteiger partial charge on any atom is 0.254 e. The Hall–Kier alpha value is -3.00. The number of aromatic nitrogens is 2. The number of rotatable bonds is 5. The van der Waals surface area contributed by atoms with Crippen LogP contribution in [0, 0.1) is 0 Å². The molecule has 1 saturated heterocycles. The van der Waals surface area contributed by atoms with Crippen molar-refractivity contribution >= 4 is 27.7 Å². The van der Waals surface area contributed by atoms with E-state index in [1.807, 2.05) is 29.2 Å².